The van der Waals surface area contributed by atoms with Gasteiger partial charge in [0.25, 0.3) is 0 Å². The molecule has 2 aromatic rings. The molecule has 146 valence electrons. The zero-order valence-electron chi connectivity index (χ0n) is 16.0. The summed E-state index contributed by atoms with van der Waals surface area (Å²) >= 11 is 3.53. The minimum Gasteiger partial charge on any atom is -0.273 e. The Morgan fingerprint density at radius 2 is 1.86 bits per heavy atom. The minimum absolute atomic E-state index is 0.0939. The number of carbonyl (C=O) groups excluding carboxylic acids is 1. The van der Waals surface area contributed by atoms with E-state index >= 15 is 0 Å². The summed E-state index contributed by atoms with van der Waals surface area (Å²) in [5.41, 5.74) is 2.50. The third-order valence-electron chi connectivity index (χ3n) is 6.38. The summed E-state index contributed by atoms with van der Waals surface area (Å²) in [5, 5.41) is 11.2. The molecule has 0 N–H and O–H groups in total. The lowest BCUT2D eigenvalue weighted by Gasteiger charge is -2.31. The maximum Gasteiger partial charge on any atom is 0.246 e. The molecular formula is C23H26N2OS2. The highest BCUT2D eigenvalue weighted by Gasteiger charge is 2.45. The van der Waals surface area contributed by atoms with Crippen LogP contribution in [0.15, 0.2) is 45.7 Å². The van der Waals surface area contributed by atoms with Gasteiger partial charge in [0.05, 0.1) is 11.8 Å². The van der Waals surface area contributed by atoms with Crippen LogP contribution in [-0.4, -0.2) is 16.6 Å². The Bertz CT molecular complexity index is 876. The van der Waals surface area contributed by atoms with E-state index in [2.05, 4.69) is 41.1 Å². The van der Waals surface area contributed by atoms with Crippen molar-refractivity contribution in [3.63, 3.8) is 0 Å². The van der Waals surface area contributed by atoms with E-state index in [0.29, 0.717) is 5.92 Å². The molecule has 1 aliphatic heterocycles. The fourth-order valence-corrected chi connectivity index (χ4v) is 6.56. The third kappa shape index (κ3) is 3.39. The summed E-state index contributed by atoms with van der Waals surface area (Å²) in [7, 11) is 0. The van der Waals surface area contributed by atoms with Crippen LogP contribution < -0.4 is 0 Å². The fourth-order valence-electron chi connectivity index (χ4n) is 5.00. The molecule has 1 amide bonds. The van der Waals surface area contributed by atoms with Gasteiger partial charge in [-0.25, -0.2) is 5.01 Å². The van der Waals surface area contributed by atoms with Crippen LogP contribution in [0, 0.1) is 11.8 Å². The van der Waals surface area contributed by atoms with E-state index in [1.54, 1.807) is 22.7 Å². The molecule has 3 nitrogen and oxygen atoms in total. The average molecular weight is 411 g/mol. The topological polar surface area (TPSA) is 32.7 Å². The Balaban J connectivity index is 1.51. The van der Waals surface area contributed by atoms with Gasteiger partial charge >= 0.3 is 0 Å². The fraction of sp³-hybridized carbons (Fsp3) is 0.478. The number of thiophene rings is 2. The monoisotopic (exact) mass is 410 g/mol. The SMILES string of the molecule is O=C(C1CCCCC1)N1N=C2/C(=C/c3cccs3)CCCC2C1c1cccs1. The Morgan fingerprint density at radius 1 is 1.04 bits per heavy atom. The van der Waals surface area contributed by atoms with Crippen LogP contribution in [0.2, 0.25) is 0 Å². The van der Waals surface area contributed by atoms with Gasteiger partial charge in [-0.1, -0.05) is 31.4 Å². The zero-order chi connectivity index (χ0) is 18.9. The second-order valence-corrected chi connectivity index (χ2v) is 10.1. The van der Waals surface area contributed by atoms with Crippen molar-refractivity contribution in [3.05, 3.63) is 50.4 Å². The van der Waals surface area contributed by atoms with Crippen molar-refractivity contribution in [2.75, 3.05) is 0 Å². The maximum atomic E-state index is 13.5. The Hall–Kier alpha value is -1.72. The first-order valence-electron chi connectivity index (χ1n) is 10.5. The molecule has 5 heteroatoms. The number of hydrogen-bond donors (Lipinski definition) is 0. The number of fused-ring (bicyclic) bond motifs is 1. The molecule has 2 unspecified atom stereocenters. The molecule has 3 heterocycles. The Labute approximate surface area is 174 Å². The highest BCUT2D eigenvalue weighted by molar-refractivity contribution is 7.11. The summed E-state index contributed by atoms with van der Waals surface area (Å²) in [6.07, 6.45) is 11.3. The van der Waals surface area contributed by atoms with E-state index < -0.39 is 0 Å². The third-order valence-corrected chi connectivity index (χ3v) is 8.14. The molecule has 28 heavy (non-hydrogen) atoms. The highest BCUT2D eigenvalue weighted by Crippen LogP contribution is 2.46. The Kier molecular flexibility index (Phi) is 5.20. The van der Waals surface area contributed by atoms with Crippen LogP contribution >= 0.6 is 22.7 Å². The Morgan fingerprint density at radius 3 is 2.61 bits per heavy atom. The normalized spacial score (nSPS) is 27.1. The van der Waals surface area contributed by atoms with E-state index in [-0.39, 0.29) is 17.9 Å². The number of amides is 1. The minimum atomic E-state index is 0.0939. The summed E-state index contributed by atoms with van der Waals surface area (Å²) in [5.74, 6) is 0.757. The van der Waals surface area contributed by atoms with Gasteiger partial charge < -0.3 is 0 Å². The predicted molar refractivity (Wildman–Crippen MR) is 118 cm³/mol. The number of hydrogen-bond acceptors (Lipinski definition) is 4. The smallest absolute Gasteiger partial charge is 0.246 e. The average Bonchev–Trinajstić information content (AvgIpc) is 3.48. The lowest BCUT2D eigenvalue weighted by Crippen LogP contribution is -2.36. The van der Waals surface area contributed by atoms with E-state index in [1.807, 2.05) is 5.01 Å². The van der Waals surface area contributed by atoms with Crippen molar-refractivity contribution in [2.45, 2.75) is 57.4 Å². The van der Waals surface area contributed by atoms with Crippen LogP contribution in [0.1, 0.15) is 67.2 Å². The van der Waals surface area contributed by atoms with Gasteiger partial charge in [-0.3, -0.25) is 4.79 Å². The molecule has 3 aliphatic rings. The summed E-state index contributed by atoms with van der Waals surface area (Å²) in [6.45, 7) is 0. The number of rotatable bonds is 3. The first kappa shape index (κ1) is 18.3. The molecular weight excluding hydrogens is 384 g/mol. The maximum absolute atomic E-state index is 13.5. The van der Waals surface area contributed by atoms with Gasteiger partial charge in [0, 0.05) is 21.6 Å². The summed E-state index contributed by atoms with van der Waals surface area (Å²) < 4.78 is 0. The molecule has 0 aromatic carbocycles. The van der Waals surface area contributed by atoms with Gasteiger partial charge in [0.15, 0.2) is 0 Å². The van der Waals surface area contributed by atoms with Crippen LogP contribution in [0.4, 0.5) is 0 Å². The first-order chi connectivity index (χ1) is 13.8. The molecule has 0 spiro atoms. The molecule has 0 bridgehead atoms. The number of allylic oxidation sites excluding steroid dienone is 1. The number of carbonyl (C=O) groups is 1. The van der Waals surface area contributed by atoms with Crippen molar-refractivity contribution in [3.8, 4) is 0 Å². The van der Waals surface area contributed by atoms with Gasteiger partial charge in [-0.2, -0.15) is 5.10 Å². The second-order valence-electron chi connectivity index (χ2n) is 8.15. The molecule has 2 fully saturated rings. The van der Waals surface area contributed by atoms with Crippen LogP contribution in [0.25, 0.3) is 6.08 Å². The standard InChI is InChI=1S/C23H26N2OS2/c26-23(16-7-2-1-3-8-16)25-22(20-12-6-14-28-20)19-11-4-9-17(21(19)24-25)15-18-10-5-13-27-18/h5-6,10,12-16,19,22H,1-4,7-9,11H2/b17-15+. The lowest BCUT2D eigenvalue weighted by atomic mass is 9.79. The highest BCUT2D eigenvalue weighted by atomic mass is 32.1. The first-order valence-corrected chi connectivity index (χ1v) is 12.3. The zero-order valence-corrected chi connectivity index (χ0v) is 17.7. The second kappa shape index (κ2) is 7.96. The van der Waals surface area contributed by atoms with E-state index in [9.17, 15) is 4.79 Å². The quantitative estimate of drug-likeness (QED) is 0.567. The number of nitrogens with zero attached hydrogens (tertiary/aromatic N) is 2. The molecule has 0 saturated heterocycles. The summed E-state index contributed by atoms with van der Waals surface area (Å²) in [4.78, 5) is 16.0. The molecule has 2 saturated carbocycles. The van der Waals surface area contributed by atoms with Crippen LogP contribution in [0.3, 0.4) is 0 Å². The lowest BCUT2D eigenvalue weighted by molar-refractivity contribution is -0.139. The summed E-state index contributed by atoms with van der Waals surface area (Å²) in [6, 6.07) is 8.65. The van der Waals surface area contributed by atoms with Crippen molar-refractivity contribution >= 4 is 40.4 Å². The van der Waals surface area contributed by atoms with Gasteiger partial charge in [-0.05, 0) is 66.6 Å². The van der Waals surface area contributed by atoms with Crippen LogP contribution in [0.5, 0.6) is 0 Å². The van der Waals surface area contributed by atoms with Crippen molar-refractivity contribution in [2.24, 2.45) is 16.9 Å². The largest absolute Gasteiger partial charge is 0.273 e. The molecule has 2 aromatic heterocycles. The van der Waals surface area contributed by atoms with E-state index in [1.165, 1.54) is 46.7 Å². The van der Waals surface area contributed by atoms with Gasteiger partial charge in [0.2, 0.25) is 5.91 Å². The molecule has 2 atom stereocenters. The molecule has 5 rings (SSSR count). The predicted octanol–water partition coefficient (Wildman–Crippen LogP) is 6.51. The van der Waals surface area contributed by atoms with Crippen molar-refractivity contribution in [1.82, 2.24) is 5.01 Å². The van der Waals surface area contributed by atoms with Gasteiger partial charge in [-0.15, -0.1) is 22.7 Å². The molecule has 0 radical (unpaired) electrons. The van der Waals surface area contributed by atoms with Crippen LogP contribution in [-0.2, 0) is 4.79 Å². The van der Waals surface area contributed by atoms with Crippen molar-refractivity contribution < 1.29 is 4.79 Å². The van der Waals surface area contributed by atoms with E-state index in [4.69, 9.17) is 5.10 Å². The number of hydrazone groups is 1. The van der Waals surface area contributed by atoms with Crippen molar-refractivity contribution in [1.29, 1.82) is 0 Å². The van der Waals surface area contributed by atoms with Gasteiger partial charge in [0.1, 0.15) is 0 Å². The molecule has 2 aliphatic carbocycles. The van der Waals surface area contributed by atoms with E-state index in [0.717, 1.165) is 25.7 Å².